The van der Waals surface area contributed by atoms with Gasteiger partial charge in [-0.25, -0.2) is 0 Å². The minimum absolute atomic E-state index is 0.00576. The summed E-state index contributed by atoms with van der Waals surface area (Å²) in [5.74, 6) is -0.386. The molecule has 0 fully saturated rings. The van der Waals surface area contributed by atoms with Crippen molar-refractivity contribution in [1.82, 2.24) is 0 Å². The lowest BCUT2D eigenvalue weighted by molar-refractivity contribution is -0.274. The summed E-state index contributed by atoms with van der Waals surface area (Å²) in [5, 5.41) is 10.4. The summed E-state index contributed by atoms with van der Waals surface area (Å²) < 4.78 is 126. The highest BCUT2D eigenvalue weighted by Gasteiger charge is 2.32. The van der Waals surface area contributed by atoms with Crippen molar-refractivity contribution in [2.75, 3.05) is 11.5 Å². The third-order valence-corrected chi connectivity index (χ3v) is 6.80. The van der Waals surface area contributed by atoms with Gasteiger partial charge in [-0.05, 0) is 71.4 Å². The Kier molecular flexibility index (Phi) is 9.94. The van der Waals surface area contributed by atoms with Gasteiger partial charge < -0.3 is 19.5 Å². The predicted octanol–water partition coefficient (Wildman–Crippen LogP) is 9.75. The molecule has 1 unspecified atom stereocenters. The first-order valence-electron chi connectivity index (χ1n) is 12.6. The monoisotopic (exact) mass is 647 g/mol. The Hall–Kier alpha value is -4.04. The third-order valence-electron chi connectivity index (χ3n) is 6.08. The summed E-state index contributed by atoms with van der Waals surface area (Å²) in [7, 11) is 0. The molecule has 1 atom stereocenters. The SMILES string of the molecule is OCC(c1ccc(C(F)(F)F)cc1)N(Cc1cccc(SC(F)(F)F)c1)c1cccc(Oc2cccc(OC(F)(F)F)c2)c1. The van der Waals surface area contributed by atoms with Gasteiger partial charge >= 0.3 is 18.0 Å². The number of rotatable bonds is 10. The molecule has 0 amide bonds. The van der Waals surface area contributed by atoms with Crippen LogP contribution in [0.25, 0.3) is 0 Å². The van der Waals surface area contributed by atoms with E-state index in [0.717, 1.165) is 24.3 Å². The zero-order valence-corrected chi connectivity index (χ0v) is 23.1. The largest absolute Gasteiger partial charge is 0.573 e. The van der Waals surface area contributed by atoms with Gasteiger partial charge in [0.1, 0.15) is 17.2 Å². The molecule has 0 bridgehead atoms. The molecule has 0 radical (unpaired) electrons. The summed E-state index contributed by atoms with van der Waals surface area (Å²) in [6.07, 6.45) is -9.52. The molecular weight excluding hydrogens is 625 g/mol. The molecule has 234 valence electrons. The van der Waals surface area contributed by atoms with E-state index in [2.05, 4.69) is 4.74 Å². The van der Waals surface area contributed by atoms with Gasteiger partial charge in [-0.15, -0.1) is 13.2 Å². The van der Waals surface area contributed by atoms with Crippen LogP contribution in [0.2, 0.25) is 0 Å². The first-order chi connectivity index (χ1) is 20.6. The van der Waals surface area contributed by atoms with Gasteiger partial charge in [-0.1, -0.05) is 36.4 Å². The fourth-order valence-electron chi connectivity index (χ4n) is 4.29. The van der Waals surface area contributed by atoms with Crippen molar-refractivity contribution < 1.29 is 54.1 Å². The van der Waals surface area contributed by atoms with Crippen LogP contribution in [0.3, 0.4) is 0 Å². The third kappa shape index (κ3) is 9.48. The van der Waals surface area contributed by atoms with Crippen LogP contribution < -0.4 is 14.4 Å². The summed E-state index contributed by atoms with van der Waals surface area (Å²) in [5.41, 5.74) is -4.43. The van der Waals surface area contributed by atoms with Crippen LogP contribution in [0.15, 0.2) is 102 Å². The Labute approximate surface area is 249 Å². The number of aliphatic hydroxyl groups is 1. The molecule has 0 saturated carbocycles. The van der Waals surface area contributed by atoms with Crippen LogP contribution in [0.5, 0.6) is 17.2 Å². The molecule has 0 aliphatic rings. The summed E-state index contributed by atoms with van der Waals surface area (Å²) >= 11 is -0.315. The Morgan fingerprint density at radius 3 is 1.93 bits per heavy atom. The molecule has 4 nitrogen and oxygen atoms in total. The summed E-state index contributed by atoms with van der Waals surface area (Å²) in [4.78, 5) is 1.47. The van der Waals surface area contributed by atoms with Crippen molar-refractivity contribution in [3.05, 3.63) is 114 Å². The lowest BCUT2D eigenvalue weighted by atomic mass is 10.0. The van der Waals surface area contributed by atoms with Gasteiger partial charge in [0.05, 0.1) is 18.2 Å². The highest BCUT2D eigenvalue weighted by atomic mass is 32.2. The van der Waals surface area contributed by atoms with E-state index in [4.69, 9.17) is 4.74 Å². The molecule has 4 aromatic carbocycles. The number of hydrogen-bond acceptors (Lipinski definition) is 5. The van der Waals surface area contributed by atoms with Gasteiger partial charge in [-0.2, -0.15) is 26.3 Å². The van der Waals surface area contributed by atoms with Crippen LogP contribution in [0, 0.1) is 0 Å². The maximum atomic E-state index is 13.2. The number of halogens is 9. The van der Waals surface area contributed by atoms with Crippen molar-refractivity contribution in [2.24, 2.45) is 0 Å². The highest BCUT2D eigenvalue weighted by molar-refractivity contribution is 8.00. The fourth-order valence-corrected chi connectivity index (χ4v) is 4.92. The molecule has 4 rings (SSSR count). The summed E-state index contributed by atoms with van der Waals surface area (Å²) in [6, 6.07) is 19.5. The van der Waals surface area contributed by atoms with Crippen LogP contribution in [0.1, 0.15) is 22.7 Å². The lowest BCUT2D eigenvalue weighted by Crippen LogP contribution is -2.31. The average Bonchev–Trinajstić information content (AvgIpc) is 2.91. The lowest BCUT2D eigenvalue weighted by Gasteiger charge is -2.33. The molecule has 0 saturated heterocycles. The van der Waals surface area contributed by atoms with E-state index < -0.39 is 42.0 Å². The van der Waals surface area contributed by atoms with Gasteiger partial charge in [0, 0.05) is 29.3 Å². The topological polar surface area (TPSA) is 41.9 Å². The minimum Gasteiger partial charge on any atom is -0.457 e. The standard InChI is InChI=1S/C30H22F9NO3S/c31-28(32,33)21-12-10-20(11-13-21)27(18-41)40(17-19-4-1-9-26(14-19)44-30(37,38)39)22-5-2-6-23(15-22)42-24-7-3-8-25(16-24)43-29(34,35)36/h1-16,27,41H,17-18H2. The number of anilines is 1. The van der Waals surface area contributed by atoms with E-state index >= 15 is 0 Å². The Balaban J connectivity index is 1.70. The van der Waals surface area contributed by atoms with Gasteiger partial charge in [-0.3, -0.25) is 0 Å². The zero-order chi connectivity index (χ0) is 32.1. The van der Waals surface area contributed by atoms with Gasteiger partial charge in [0.15, 0.2) is 0 Å². The maximum absolute atomic E-state index is 13.2. The average molecular weight is 648 g/mol. The van der Waals surface area contributed by atoms with E-state index in [1.54, 1.807) is 17.0 Å². The zero-order valence-electron chi connectivity index (χ0n) is 22.3. The van der Waals surface area contributed by atoms with Crippen molar-refractivity contribution in [1.29, 1.82) is 0 Å². The summed E-state index contributed by atoms with van der Waals surface area (Å²) in [6.45, 7) is -0.679. The van der Waals surface area contributed by atoms with Gasteiger partial charge in [0.25, 0.3) is 0 Å². The van der Waals surface area contributed by atoms with Crippen molar-refractivity contribution >= 4 is 17.4 Å². The second kappa shape index (κ2) is 13.3. The van der Waals surface area contributed by atoms with E-state index in [-0.39, 0.29) is 40.3 Å². The second-order valence-electron chi connectivity index (χ2n) is 9.26. The molecular formula is C30H22F9NO3S. The molecule has 4 aromatic rings. The minimum atomic E-state index is -4.92. The highest BCUT2D eigenvalue weighted by Crippen LogP contribution is 2.39. The predicted molar refractivity (Wildman–Crippen MR) is 145 cm³/mol. The molecule has 0 spiro atoms. The van der Waals surface area contributed by atoms with Crippen molar-refractivity contribution in [3.63, 3.8) is 0 Å². The van der Waals surface area contributed by atoms with E-state index in [1.165, 1.54) is 60.7 Å². The van der Waals surface area contributed by atoms with Crippen LogP contribution in [-0.2, 0) is 12.7 Å². The number of ether oxygens (including phenoxy) is 2. The number of nitrogens with zero attached hydrogens (tertiary/aromatic N) is 1. The Bertz CT molecular complexity index is 1540. The first-order valence-corrected chi connectivity index (χ1v) is 13.4. The molecule has 0 aromatic heterocycles. The molecule has 1 N–H and O–H groups in total. The molecule has 44 heavy (non-hydrogen) atoms. The normalized spacial score (nSPS) is 13.0. The first kappa shape index (κ1) is 32.9. The number of aliphatic hydroxyl groups excluding tert-OH is 1. The van der Waals surface area contributed by atoms with Gasteiger partial charge in [0.2, 0.25) is 0 Å². The smallest absolute Gasteiger partial charge is 0.457 e. The number of alkyl halides is 9. The van der Waals surface area contributed by atoms with Crippen LogP contribution in [-0.4, -0.2) is 23.6 Å². The fraction of sp³-hybridized carbons (Fsp3) is 0.200. The molecule has 14 heteroatoms. The number of benzene rings is 4. The van der Waals surface area contributed by atoms with Crippen LogP contribution in [0.4, 0.5) is 45.2 Å². The Morgan fingerprint density at radius 1 is 0.705 bits per heavy atom. The van der Waals surface area contributed by atoms with Crippen molar-refractivity contribution in [3.8, 4) is 17.2 Å². The maximum Gasteiger partial charge on any atom is 0.573 e. The van der Waals surface area contributed by atoms with E-state index in [1.807, 2.05) is 0 Å². The number of thioether (sulfide) groups is 1. The number of hydrogen-bond donors (Lipinski definition) is 1. The van der Waals surface area contributed by atoms with E-state index in [9.17, 15) is 44.6 Å². The van der Waals surface area contributed by atoms with Crippen LogP contribution >= 0.6 is 11.8 Å². The molecule has 0 aliphatic carbocycles. The van der Waals surface area contributed by atoms with E-state index in [0.29, 0.717) is 11.3 Å². The molecule has 0 heterocycles. The quantitative estimate of drug-likeness (QED) is 0.137. The molecule has 0 aliphatic heterocycles. The Morgan fingerprint density at radius 2 is 1.32 bits per heavy atom. The second-order valence-corrected chi connectivity index (χ2v) is 10.4. The van der Waals surface area contributed by atoms with Crippen molar-refractivity contribution in [2.45, 2.75) is 35.5 Å².